The average Bonchev–Trinajstić information content (AvgIpc) is 2.96. The van der Waals surface area contributed by atoms with Gasteiger partial charge >= 0.3 is 5.97 Å². The molecule has 1 amide bonds. The monoisotopic (exact) mass is 395 g/mol. The van der Waals surface area contributed by atoms with Crippen LogP contribution in [0.25, 0.3) is 5.95 Å². The third-order valence-electron chi connectivity index (χ3n) is 4.75. The van der Waals surface area contributed by atoms with Gasteiger partial charge in [0.15, 0.2) is 0 Å². The number of hydrogen-bond acceptors (Lipinski definition) is 5. The van der Waals surface area contributed by atoms with E-state index >= 15 is 0 Å². The van der Waals surface area contributed by atoms with Crippen LogP contribution in [0, 0.1) is 20.8 Å². The Labute approximate surface area is 166 Å². The van der Waals surface area contributed by atoms with Gasteiger partial charge in [-0.2, -0.15) is 9.78 Å². The fourth-order valence-corrected chi connectivity index (χ4v) is 2.96. The number of hydrogen-bond donors (Lipinski definition) is 3. The van der Waals surface area contributed by atoms with Crippen molar-refractivity contribution in [3.63, 3.8) is 0 Å². The molecule has 0 atom stereocenters. The number of aromatic nitrogens is 4. The summed E-state index contributed by atoms with van der Waals surface area (Å²) in [4.78, 5) is 43.1. The van der Waals surface area contributed by atoms with Gasteiger partial charge in [-0.05, 0) is 51.5 Å². The van der Waals surface area contributed by atoms with Crippen LogP contribution in [0.1, 0.15) is 50.2 Å². The Bertz CT molecular complexity index is 1160. The lowest BCUT2D eigenvalue weighted by molar-refractivity contribution is 0.0696. The van der Waals surface area contributed by atoms with Gasteiger partial charge in [0, 0.05) is 22.4 Å². The molecule has 3 N–H and O–H groups in total. The largest absolute Gasteiger partial charge is 0.478 e. The lowest BCUT2D eigenvalue weighted by atomic mass is 10.1. The predicted molar refractivity (Wildman–Crippen MR) is 107 cm³/mol. The molecule has 0 aliphatic carbocycles. The lowest BCUT2D eigenvalue weighted by Crippen LogP contribution is -2.22. The summed E-state index contributed by atoms with van der Waals surface area (Å²) in [5.41, 5.74) is 2.71. The minimum atomic E-state index is -1.07. The minimum Gasteiger partial charge on any atom is -0.478 e. The lowest BCUT2D eigenvalue weighted by Gasteiger charge is -2.11. The molecule has 0 bridgehead atoms. The van der Waals surface area contributed by atoms with Crippen molar-refractivity contribution in [3.8, 4) is 5.95 Å². The molecule has 0 spiro atoms. The summed E-state index contributed by atoms with van der Waals surface area (Å²) in [5, 5.41) is 16.2. The molecule has 0 fully saturated rings. The number of nitrogens with one attached hydrogen (secondary N) is 2. The molecule has 0 radical (unpaired) electrons. The average molecular weight is 395 g/mol. The van der Waals surface area contributed by atoms with E-state index in [0.717, 1.165) is 5.56 Å². The van der Waals surface area contributed by atoms with E-state index < -0.39 is 11.9 Å². The van der Waals surface area contributed by atoms with Crippen molar-refractivity contribution < 1.29 is 14.7 Å². The molecular weight excluding hydrogens is 374 g/mol. The summed E-state index contributed by atoms with van der Waals surface area (Å²) in [7, 11) is 0. The Kier molecular flexibility index (Phi) is 5.31. The molecule has 3 aromatic rings. The summed E-state index contributed by atoms with van der Waals surface area (Å²) in [5.74, 6) is -0.920. The Hall–Kier alpha value is -3.75. The Balaban J connectivity index is 2.00. The van der Waals surface area contributed by atoms with E-state index in [-0.39, 0.29) is 17.1 Å². The highest BCUT2D eigenvalue weighted by molar-refractivity contribution is 6.04. The van der Waals surface area contributed by atoms with Gasteiger partial charge in [0.05, 0.1) is 11.3 Å². The zero-order chi connectivity index (χ0) is 21.3. The summed E-state index contributed by atoms with van der Waals surface area (Å²) in [6, 6.07) is 5.58. The van der Waals surface area contributed by atoms with Crippen molar-refractivity contribution in [1.82, 2.24) is 19.7 Å². The van der Waals surface area contributed by atoms with Gasteiger partial charge in [-0.15, -0.1) is 0 Å². The van der Waals surface area contributed by atoms with Gasteiger partial charge in [-0.25, -0.2) is 9.78 Å². The van der Waals surface area contributed by atoms with Crippen molar-refractivity contribution in [2.75, 3.05) is 5.32 Å². The quantitative estimate of drug-likeness (QED) is 0.608. The molecule has 0 aliphatic rings. The zero-order valence-electron chi connectivity index (χ0n) is 16.5. The van der Waals surface area contributed by atoms with Crippen LogP contribution in [0.3, 0.4) is 0 Å². The molecule has 29 heavy (non-hydrogen) atoms. The van der Waals surface area contributed by atoms with Crippen LogP contribution in [-0.2, 0) is 6.42 Å². The topological polar surface area (TPSA) is 130 Å². The second-order valence-electron chi connectivity index (χ2n) is 6.61. The third-order valence-corrected chi connectivity index (χ3v) is 4.75. The fourth-order valence-electron chi connectivity index (χ4n) is 2.96. The number of aromatic carboxylic acids is 1. The summed E-state index contributed by atoms with van der Waals surface area (Å²) in [6.07, 6.45) is 0.557. The second-order valence-corrected chi connectivity index (χ2v) is 6.61. The number of rotatable bonds is 5. The summed E-state index contributed by atoms with van der Waals surface area (Å²) in [6.45, 7) is 7.22. The van der Waals surface area contributed by atoms with E-state index in [9.17, 15) is 14.4 Å². The highest BCUT2D eigenvalue weighted by atomic mass is 16.4. The number of nitrogens with zero attached hydrogens (tertiary/aromatic N) is 3. The molecule has 2 aromatic heterocycles. The maximum absolute atomic E-state index is 12.7. The highest BCUT2D eigenvalue weighted by Crippen LogP contribution is 2.22. The van der Waals surface area contributed by atoms with Crippen molar-refractivity contribution in [2.24, 2.45) is 0 Å². The van der Waals surface area contributed by atoms with Crippen molar-refractivity contribution in [3.05, 3.63) is 68.3 Å². The van der Waals surface area contributed by atoms with Crippen molar-refractivity contribution in [1.29, 1.82) is 0 Å². The number of carbonyl (C=O) groups is 2. The minimum absolute atomic E-state index is 0.0897. The van der Waals surface area contributed by atoms with Gasteiger partial charge in [-0.1, -0.05) is 6.92 Å². The number of aromatic amines is 1. The first-order valence-electron chi connectivity index (χ1n) is 9.04. The van der Waals surface area contributed by atoms with E-state index in [1.54, 1.807) is 20.8 Å². The van der Waals surface area contributed by atoms with E-state index in [4.69, 9.17) is 5.11 Å². The summed E-state index contributed by atoms with van der Waals surface area (Å²) < 4.78 is 1.39. The van der Waals surface area contributed by atoms with Gasteiger partial charge in [0.2, 0.25) is 5.95 Å². The molecular formula is C20H21N5O4. The van der Waals surface area contributed by atoms with Crippen molar-refractivity contribution >= 4 is 17.7 Å². The standard InChI is InChI=1S/C20H21N5O4/c1-5-15-12(4)21-20(23-18(15)27)25-16(10(2)11(3)24-25)22-17(26)13-6-8-14(9-7-13)19(28)29/h6-9H,5H2,1-4H3,(H,22,26)(H,28,29)(H,21,23,27). The first-order valence-corrected chi connectivity index (χ1v) is 9.04. The normalized spacial score (nSPS) is 10.8. The Morgan fingerprint density at radius 2 is 1.72 bits per heavy atom. The van der Waals surface area contributed by atoms with Crippen molar-refractivity contribution in [2.45, 2.75) is 34.1 Å². The van der Waals surface area contributed by atoms with Crippen LogP contribution in [0.4, 0.5) is 5.82 Å². The van der Waals surface area contributed by atoms with Gasteiger partial charge < -0.3 is 10.4 Å². The maximum atomic E-state index is 12.7. The number of amides is 1. The summed E-state index contributed by atoms with van der Waals surface area (Å²) >= 11 is 0. The van der Waals surface area contributed by atoms with Crippen LogP contribution < -0.4 is 10.9 Å². The molecule has 9 heteroatoms. The van der Waals surface area contributed by atoms with Crippen LogP contribution in [0.5, 0.6) is 0 Å². The fraction of sp³-hybridized carbons (Fsp3) is 0.250. The molecule has 0 saturated heterocycles. The van der Waals surface area contributed by atoms with Gasteiger partial charge in [-0.3, -0.25) is 14.6 Å². The number of carboxylic acids is 1. The number of carboxylic acid groups (broad SMARTS) is 1. The number of carbonyl (C=O) groups excluding carboxylic acids is 1. The number of benzene rings is 1. The highest BCUT2D eigenvalue weighted by Gasteiger charge is 2.19. The van der Waals surface area contributed by atoms with Crippen LogP contribution in [0.2, 0.25) is 0 Å². The first-order chi connectivity index (χ1) is 13.7. The molecule has 1 aromatic carbocycles. The number of anilines is 1. The Morgan fingerprint density at radius 3 is 2.28 bits per heavy atom. The molecule has 2 heterocycles. The molecule has 0 aliphatic heterocycles. The zero-order valence-corrected chi connectivity index (χ0v) is 16.5. The van der Waals surface area contributed by atoms with E-state index in [1.165, 1.54) is 28.9 Å². The maximum Gasteiger partial charge on any atom is 0.335 e. The first kappa shape index (κ1) is 20.0. The molecule has 0 unspecified atom stereocenters. The van der Waals surface area contributed by atoms with Gasteiger partial charge in [0.25, 0.3) is 11.5 Å². The van der Waals surface area contributed by atoms with Crippen LogP contribution in [-0.4, -0.2) is 36.7 Å². The van der Waals surface area contributed by atoms with E-state index in [0.29, 0.717) is 34.8 Å². The SMILES string of the molecule is CCc1c(C)nc(-n2nc(C)c(C)c2NC(=O)c2ccc(C(=O)O)cc2)[nH]c1=O. The Morgan fingerprint density at radius 1 is 1.10 bits per heavy atom. The van der Waals surface area contributed by atoms with E-state index in [1.807, 2.05) is 6.92 Å². The molecule has 3 rings (SSSR count). The van der Waals surface area contributed by atoms with E-state index in [2.05, 4.69) is 20.4 Å². The number of aryl methyl sites for hydroxylation is 2. The molecule has 0 saturated carbocycles. The molecule has 9 nitrogen and oxygen atoms in total. The number of H-pyrrole nitrogens is 1. The van der Waals surface area contributed by atoms with Crippen LogP contribution in [0.15, 0.2) is 29.1 Å². The molecule has 150 valence electrons. The van der Waals surface area contributed by atoms with Crippen LogP contribution >= 0.6 is 0 Å². The second kappa shape index (κ2) is 7.70. The predicted octanol–water partition coefficient (Wildman–Crippen LogP) is 2.39. The smallest absolute Gasteiger partial charge is 0.335 e. The van der Waals surface area contributed by atoms with Gasteiger partial charge in [0.1, 0.15) is 5.82 Å². The third kappa shape index (κ3) is 3.79.